The highest BCUT2D eigenvalue weighted by atomic mass is 16.3. The predicted molar refractivity (Wildman–Crippen MR) is 62.5 cm³/mol. The molecule has 3 N–H and O–H groups in total. The standard InChI is InChI=1S/C11H14N4O2/c1-2-8(6-16)12-11(17)7-3-4-9-10(5-7)14-15-13-9/h3-5,8,16H,2,6H2,1H3,(H,12,17)(H,13,14,15). The molecule has 2 rings (SSSR count). The summed E-state index contributed by atoms with van der Waals surface area (Å²) in [5, 5.41) is 22.1. The van der Waals surface area contributed by atoms with Crippen LogP contribution in [0.2, 0.25) is 0 Å². The van der Waals surface area contributed by atoms with E-state index in [2.05, 4.69) is 20.7 Å². The largest absolute Gasteiger partial charge is 0.394 e. The zero-order valence-electron chi connectivity index (χ0n) is 9.47. The Morgan fingerprint density at radius 2 is 2.24 bits per heavy atom. The second-order valence-corrected chi connectivity index (χ2v) is 3.79. The predicted octanol–water partition coefficient (Wildman–Crippen LogP) is 0.459. The molecule has 0 fully saturated rings. The second-order valence-electron chi connectivity index (χ2n) is 3.79. The van der Waals surface area contributed by atoms with Gasteiger partial charge in [-0.25, -0.2) is 0 Å². The van der Waals surface area contributed by atoms with Gasteiger partial charge in [-0.2, -0.15) is 15.4 Å². The van der Waals surface area contributed by atoms with Crippen LogP contribution in [0.1, 0.15) is 23.7 Å². The van der Waals surface area contributed by atoms with Gasteiger partial charge in [0.15, 0.2) is 0 Å². The zero-order valence-corrected chi connectivity index (χ0v) is 9.47. The van der Waals surface area contributed by atoms with Crippen molar-refractivity contribution in [3.8, 4) is 0 Å². The average molecular weight is 234 g/mol. The molecule has 0 bridgehead atoms. The Hall–Kier alpha value is -1.95. The van der Waals surface area contributed by atoms with Crippen LogP contribution in [0.15, 0.2) is 18.2 Å². The van der Waals surface area contributed by atoms with Gasteiger partial charge in [0.1, 0.15) is 11.0 Å². The first kappa shape index (κ1) is 11.5. The second kappa shape index (κ2) is 4.92. The van der Waals surface area contributed by atoms with E-state index < -0.39 is 0 Å². The lowest BCUT2D eigenvalue weighted by atomic mass is 10.1. The van der Waals surface area contributed by atoms with E-state index in [1.807, 2.05) is 6.92 Å². The molecule has 2 aromatic rings. The molecular weight excluding hydrogens is 220 g/mol. The van der Waals surface area contributed by atoms with Gasteiger partial charge in [-0.05, 0) is 24.6 Å². The molecule has 6 heteroatoms. The van der Waals surface area contributed by atoms with Gasteiger partial charge in [-0.15, -0.1) is 0 Å². The van der Waals surface area contributed by atoms with Crippen molar-refractivity contribution in [3.63, 3.8) is 0 Å². The van der Waals surface area contributed by atoms with E-state index in [-0.39, 0.29) is 18.6 Å². The molecule has 90 valence electrons. The summed E-state index contributed by atoms with van der Waals surface area (Å²) >= 11 is 0. The number of aliphatic hydroxyl groups excluding tert-OH is 1. The maximum absolute atomic E-state index is 11.9. The molecule has 0 saturated heterocycles. The van der Waals surface area contributed by atoms with Gasteiger partial charge in [0.25, 0.3) is 5.91 Å². The Labute approximate surface area is 98.0 Å². The maximum atomic E-state index is 11.9. The number of H-pyrrole nitrogens is 1. The van der Waals surface area contributed by atoms with Crippen molar-refractivity contribution >= 4 is 16.9 Å². The first-order valence-electron chi connectivity index (χ1n) is 5.47. The average Bonchev–Trinajstić information content (AvgIpc) is 2.82. The van der Waals surface area contributed by atoms with Crippen LogP contribution >= 0.6 is 0 Å². The molecule has 1 unspecified atom stereocenters. The van der Waals surface area contributed by atoms with Gasteiger partial charge in [0.2, 0.25) is 0 Å². The third-order valence-electron chi connectivity index (χ3n) is 2.63. The molecule has 0 aliphatic rings. The fourth-order valence-electron chi connectivity index (χ4n) is 1.53. The molecule has 6 nitrogen and oxygen atoms in total. The van der Waals surface area contributed by atoms with Crippen LogP contribution in [0.5, 0.6) is 0 Å². The molecule has 1 amide bonds. The number of aromatic amines is 1. The summed E-state index contributed by atoms with van der Waals surface area (Å²) in [4.78, 5) is 11.9. The minimum Gasteiger partial charge on any atom is -0.394 e. The molecule has 1 aromatic carbocycles. The lowest BCUT2D eigenvalue weighted by molar-refractivity contribution is 0.0915. The number of carbonyl (C=O) groups excluding carboxylic acids is 1. The van der Waals surface area contributed by atoms with Crippen LogP contribution in [-0.4, -0.2) is 39.1 Å². The minimum absolute atomic E-state index is 0.0611. The molecule has 0 spiro atoms. The van der Waals surface area contributed by atoms with Gasteiger partial charge >= 0.3 is 0 Å². The van der Waals surface area contributed by atoms with Crippen LogP contribution < -0.4 is 5.32 Å². The third-order valence-corrected chi connectivity index (χ3v) is 2.63. The van der Waals surface area contributed by atoms with Crippen molar-refractivity contribution in [3.05, 3.63) is 23.8 Å². The van der Waals surface area contributed by atoms with Crippen LogP contribution in [0.25, 0.3) is 11.0 Å². The van der Waals surface area contributed by atoms with Crippen LogP contribution in [-0.2, 0) is 0 Å². The Kier molecular flexibility index (Phi) is 3.34. The molecule has 0 saturated carbocycles. The minimum atomic E-state index is -0.212. The molecule has 0 radical (unpaired) electrons. The summed E-state index contributed by atoms with van der Waals surface area (Å²) in [7, 11) is 0. The molecule has 1 atom stereocenters. The number of fused-ring (bicyclic) bond motifs is 1. The Morgan fingerprint density at radius 3 is 2.94 bits per heavy atom. The van der Waals surface area contributed by atoms with Gasteiger partial charge in [0, 0.05) is 5.56 Å². The molecule has 1 aromatic heterocycles. The monoisotopic (exact) mass is 234 g/mol. The number of carbonyl (C=O) groups is 1. The van der Waals surface area contributed by atoms with Crippen LogP contribution in [0, 0.1) is 0 Å². The van der Waals surface area contributed by atoms with Gasteiger partial charge in [-0.3, -0.25) is 4.79 Å². The summed E-state index contributed by atoms with van der Waals surface area (Å²) in [5.41, 5.74) is 1.88. The fraction of sp³-hybridized carbons (Fsp3) is 0.364. The van der Waals surface area contributed by atoms with E-state index in [9.17, 15) is 4.79 Å². The van der Waals surface area contributed by atoms with Gasteiger partial charge < -0.3 is 10.4 Å². The number of hydrogen-bond donors (Lipinski definition) is 3. The quantitative estimate of drug-likeness (QED) is 0.716. The number of hydrogen-bond acceptors (Lipinski definition) is 4. The third kappa shape index (κ3) is 2.42. The number of amides is 1. The normalized spacial score (nSPS) is 12.6. The van der Waals surface area contributed by atoms with E-state index in [1.165, 1.54) is 0 Å². The summed E-state index contributed by atoms with van der Waals surface area (Å²) in [6.45, 7) is 1.84. The smallest absolute Gasteiger partial charge is 0.251 e. The topological polar surface area (TPSA) is 90.9 Å². The number of benzene rings is 1. The SMILES string of the molecule is CCC(CO)NC(=O)c1ccc2n[nH]nc2c1. The number of rotatable bonds is 4. The number of aliphatic hydroxyl groups is 1. The number of aromatic nitrogens is 3. The van der Waals surface area contributed by atoms with Crippen molar-refractivity contribution in [1.29, 1.82) is 0 Å². The number of nitrogens with zero attached hydrogens (tertiary/aromatic N) is 2. The Bertz CT molecular complexity index is 519. The lowest BCUT2D eigenvalue weighted by Gasteiger charge is -2.13. The highest BCUT2D eigenvalue weighted by Gasteiger charge is 2.12. The van der Waals surface area contributed by atoms with Crippen molar-refractivity contribution < 1.29 is 9.90 Å². The highest BCUT2D eigenvalue weighted by molar-refractivity contribution is 5.97. The van der Waals surface area contributed by atoms with Gasteiger partial charge in [-0.1, -0.05) is 6.92 Å². The van der Waals surface area contributed by atoms with Crippen molar-refractivity contribution in [1.82, 2.24) is 20.7 Å². The molecule has 1 heterocycles. The van der Waals surface area contributed by atoms with Gasteiger partial charge in [0.05, 0.1) is 12.6 Å². The van der Waals surface area contributed by atoms with E-state index in [0.717, 1.165) is 5.52 Å². The van der Waals surface area contributed by atoms with E-state index in [4.69, 9.17) is 5.11 Å². The van der Waals surface area contributed by atoms with Crippen molar-refractivity contribution in [2.75, 3.05) is 6.61 Å². The summed E-state index contributed by atoms with van der Waals surface area (Å²) in [6.07, 6.45) is 0.689. The zero-order chi connectivity index (χ0) is 12.3. The molecular formula is C11H14N4O2. The maximum Gasteiger partial charge on any atom is 0.251 e. The Balaban J connectivity index is 2.18. The fourth-order valence-corrected chi connectivity index (χ4v) is 1.53. The van der Waals surface area contributed by atoms with Crippen LogP contribution in [0.3, 0.4) is 0 Å². The number of nitrogens with one attached hydrogen (secondary N) is 2. The highest BCUT2D eigenvalue weighted by Crippen LogP contribution is 2.10. The summed E-state index contributed by atoms with van der Waals surface area (Å²) in [5.74, 6) is -0.212. The Morgan fingerprint density at radius 1 is 1.47 bits per heavy atom. The lowest BCUT2D eigenvalue weighted by Crippen LogP contribution is -2.36. The molecule has 17 heavy (non-hydrogen) atoms. The summed E-state index contributed by atoms with van der Waals surface area (Å²) < 4.78 is 0. The van der Waals surface area contributed by atoms with Crippen molar-refractivity contribution in [2.24, 2.45) is 0 Å². The summed E-state index contributed by atoms with van der Waals surface area (Å²) in [6, 6.07) is 4.87. The van der Waals surface area contributed by atoms with E-state index in [1.54, 1.807) is 18.2 Å². The van der Waals surface area contributed by atoms with E-state index in [0.29, 0.717) is 17.5 Å². The molecule has 0 aliphatic heterocycles. The van der Waals surface area contributed by atoms with E-state index >= 15 is 0 Å². The molecule has 0 aliphatic carbocycles. The van der Waals surface area contributed by atoms with Crippen molar-refractivity contribution in [2.45, 2.75) is 19.4 Å². The first-order valence-corrected chi connectivity index (χ1v) is 5.47. The van der Waals surface area contributed by atoms with Crippen LogP contribution in [0.4, 0.5) is 0 Å². The first-order chi connectivity index (χ1) is 8.24.